The van der Waals surface area contributed by atoms with Crippen molar-refractivity contribution in [3.05, 3.63) is 0 Å². The van der Waals surface area contributed by atoms with Gasteiger partial charge >= 0.3 is 28.7 Å². The number of hydrogen-bond donors (Lipinski definition) is 3. The van der Waals surface area contributed by atoms with E-state index in [9.17, 15) is 0 Å². The van der Waals surface area contributed by atoms with Crippen LogP contribution in [0.4, 0.5) is 0 Å². The first-order valence-corrected chi connectivity index (χ1v) is 3.61. The summed E-state index contributed by atoms with van der Waals surface area (Å²) < 4.78 is 34.3. The number of carboxylic acid groups (broad SMARTS) is 2. The average molecular weight is 261 g/mol. The number of carbonyl (C=O) groups is 2. The fraction of sp³-hybridized carbons (Fsp3) is 0. The number of carboxylic acids is 2. The normalized spacial score (nSPS) is 7.21. The molecule has 0 saturated carbocycles. The fourth-order valence-corrected chi connectivity index (χ4v) is 0. The Morgan fingerprint density at radius 3 is 0.857 bits per heavy atom. The van der Waals surface area contributed by atoms with Gasteiger partial charge in [0.2, 0.25) is 0 Å². The zero-order valence-electron chi connectivity index (χ0n) is 7.64. The van der Waals surface area contributed by atoms with Crippen molar-refractivity contribution in [2.75, 3.05) is 0 Å². The van der Waals surface area contributed by atoms with Gasteiger partial charge in [0.05, 0.1) is 11.9 Å². The molecule has 11 nitrogen and oxygen atoms in total. The molecule has 0 amide bonds. The van der Waals surface area contributed by atoms with E-state index >= 15 is 0 Å². The van der Waals surface area contributed by atoms with Crippen LogP contribution in [0.2, 0.25) is 0 Å². The van der Waals surface area contributed by atoms with E-state index in [0.717, 1.165) is 0 Å². The van der Waals surface area contributed by atoms with E-state index in [1.54, 1.807) is 0 Å². The maximum absolute atomic E-state index is 8.93. The quantitative estimate of drug-likeness (QED) is 0.285. The molecule has 0 fully saturated rings. The zero-order chi connectivity index (χ0) is 9.65. The van der Waals surface area contributed by atoms with Gasteiger partial charge in [-0.05, 0) is 0 Å². The van der Waals surface area contributed by atoms with Crippen LogP contribution in [-0.2, 0) is 34.1 Å². The molecule has 14 heavy (non-hydrogen) atoms. The van der Waals surface area contributed by atoms with Gasteiger partial charge in [0, 0.05) is 0 Å². The van der Waals surface area contributed by atoms with Crippen LogP contribution in [0.1, 0.15) is 0 Å². The van der Waals surface area contributed by atoms with Crippen molar-refractivity contribution in [3.63, 3.8) is 0 Å². The van der Waals surface area contributed by atoms with Crippen LogP contribution in [0.25, 0.3) is 0 Å². The van der Waals surface area contributed by atoms with Gasteiger partial charge in [0.15, 0.2) is 0 Å². The second-order valence-electron chi connectivity index (χ2n) is 0.953. The predicted octanol–water partition coefficient (Wildman–Crippen LogP) is -3.93. The third kappa shape index (κ3) is 138. The summed E-state index contributed by atoms with van der Waals surface area (Å²) in [6.07, 6.45) is 0. The van der Waals surface area contributed by atoms with Crippen LogP contribution >= 0.6 is 0 Å². The molecule has 0 aliphatic heterocycles. The summed E-state index contributed by atoms with van der Waals surface area (Å²) in [5.41, 5.74) is 0. The molecule has 0 aliphatic rings. The molecule has 0 aliphatic carbocycles. The predicted molar refractivity (Wildman–Crippen MR) is 30.0 cm³/mol. The molecule has 0 aromatic rings. The van der Waals surface area contributed by atoms with Crippen molar-refractivity contribution in [1.82, 2.24) is 18.5 Å². The van der Waals surface area contributed by atoms with E-state index in [2.05, 4.69) is 0 Å². The van der Waals surface area contributed by atoms with Gasteiger partial charge in [-0.2, -0.15) is 0 Å². The Labute approximate surface area is 79.6 Å². The first-order valence-electron chi connectivity index (χ1n) is 1.68. The minimum atomic E-state index is -5.62. The Hall–Kier alpha value is -1.30. The molecule has 0 atom stereocenters. The van der Waals surface area contributed by atoms with Gasteiger partial charge in [-0.25, -0.2) is 0 Å². The summed E-state index contributed by atoms with van der Waals surface area (Å²) in [6, 6.07) is 0. The van der Waals surface area contributed by atoms with Crippen molar-refractivity contribution >= 4 is 11.9 Å². The standard InChI is InChI=1S/C2H2O4.Mn.3H3N.4O/c3-1(4)2(5)6;;;;;;;;/h(H,3,4)(H,5,6);;3*1H3;;;;/q;;;;;;;;-1/p+1. The van der Waals surface area contributed by atoms with Gasteiger partial charge in [-0.1, -0.05) is 0 Å². The molecule has 0 radical (unpaired) electrons. The first-order chi connectivity index (χ1) is 4.64. The Kier molecular flexibility index (Phi) is 24.5. The van der Waals surface area contributed by atoms with Crippen molar-refractivity contribution < 1.29 is 48.5 Å². The van der Waals surface area contributed by atoms with Gasteiger partial charge in [0.1, 0.15) is 0 Å². The molecule has 0 heterocycles. The number of rotatable bonds is 0. The molecule has 0 spiro atoms. The van der Waals surface area contributed by atoms with Crippen LogP contribution in [0, 0.1) is 0 Å². The minimum absolute atomic E-state index is 0. The molecular formula is C2H12MnN3O8. The Morgan fingerprint density at radius 2 is 0.857 bits per heavy atom. The molecule has 90 valence electrons. The van der Waals surface area contributed by atoms with E-state index in [-0.39, 0.29) is 18.5 Å². The molecule has 0 rings (SSSR count). The summed E-state index contributed by atoms with van der Waals surface area (Å²) >= 11 is -5.62. The van der Waals surface area contributed by atoms with Gasteiger partial charge in [-0.3, -0.25) is 0 Å². The van der Waals surface area contributed by atoms with Gasteiger partial charge < -0.3 is 38.3 Å². The molecule has 0 aromatic carbocycles. The SMILES string of the molecule is O=C([O-])C(=O)[O-].[NH4+].[NH4+].[NH4+].[O]=[Mn](=[O])(=[O])[O-]. The monoisotopic (exact) mass is 261 g/mol. The molecule has 0 saturated heterocycles. The zero-order valence-corrected chi connectivity index (χ0v) is 8.82. The van der Waals surface area contributed by atoms with E-state index in [4.69, 9.17) is 35.5 Å². The fourth-order valence-electron chi connectivity index (χ4n) is 0. The summed E-state index contributed by atoms with van der Waals surface area (Å²) in [5.74, 6) is -4.37. The second kappa shape index (κ2) is 11.7. The van der Waals surface area contributed by atoms with Crippen LogP contribution in [0.5, 0.6) is 0 Å². The summed E-state index contributed by atoms with van der Waals surface area (Å²) in [7, 11) is 0. The van der Waals surface area contributed by atoms with Crippen molar-refractivity contribution in [2.45, 2.75) is 0 Å². The molecule has 0 bridgehead atoms. The summed E-state index contributed by atoms with van der Waals surface area (Å²) in [4.78, 5) is 17.9. The topological polar surface area (TPSA) is 264 Å². The van der Waals surface area contributed by atoms with Crippen LogP contribution in [-0.4, -0.2) is 11.9 Å². The molecule has 12 N–H and O–H groups in total. The van der Waals surface area contributed by atoms with E-state index in [1.165, 1.54) is 0 Å². The molecular weight excluding hydrogens is 249 g/mol. The Morgan fingerprint density at radius 1 is 0.786 bits per heavy atom. The van der Waals surface area contributed by atoms with Crippen LogP contribution in [0.3, 0.4) is 0 Å². The van der Waals surface area contributed by atoms with Gasteiger partial charge in [0.25, 0.3) is 0 Å². The molecule has 0 unspecified atom stereocenters. The third-order valence-electron chi connectivity index (χ3n) is 0.167. The number of aliphatic carboxylic acids is 2. The van der Waals surface area contributed by atoms with Crippen LogP contribution in [0.15, 0.2) is 0 Å². The van der Waals surface area contributed by atoms with Crippen molar-refractivity contribution in [2.24, 2.45) is 0 Å². The van der Waals surface area contributed by atoms with E-state index in [1.807, 2.05) is 0 Å². The van der Waals surface area contributed by atoms with Crippen molar-refractivity contribution in [3.8, 4) is 0 Å². The Balaban J connectivity index is -0.0000000321. The van der Waals surface area contributed by atoms with Crippen molar-refractivity contribution in [1.29, 1.82) is 0 Å². The first kappa shape index (κ1) is 29.3. The summed E-state index contributed by atoms with van der Waals surface area (Å²) in [5, 5.41) is 17.9. The number of quaternary nitrogens is 3. The van der Waals surface area contributed by atoms with Crippen LogP contribution < -0.4 is 32.9 Å². The summed E-state index contributed by atoms with van der Waals surface area (Å²) in [6.45, 7) is 0. The molecule has 0 aromatic heterocycles. The Bertz CT molecular complexity index is 272. The van der Waals surface area contributed by atoms with E-state index in [0.29, 0.717) is 0 Å². The number of carbonyl (C=O) groups excluding carboxylic acids is 2. The van der Waals surface area contributed by atoms with E-state index < -0.39 is 24.9 Å². The number of hydrogen-bond acceptors (Lipinski definition) is 8. The third-order valence-corrected chi connectivity index (χ3v) is 0.167. The molecule has 12 heteroatoms. The van der Waals surface area contributed by atoms with Gasteiger partial charge in [-0.15, -0.1) is 0 Å². The average Bonchev–Trinajstić information content (AvgIpc) is 1.59. The maximum atomic E-state index is 8.93. The second-order valence-corrected chi connectivity index (χ2v) is 2.13.